The van der Waals surface area contributed by atoms with Crippen molar-refractivity contribution in [1.82, 2.24) is 0 Å². The van der Waals surface area contributed by atoms with Crippen LogP contribution in [-0.2, 0) is 13.0 Å². The lowest BCUT2D eigenvalue weighted by atomic mass is 9.98. The fourth-order valence-corrected chi connectivity index (χ4v) is 3.57. The Labute approximate surface area is 175 Å². The zero-order chi connectivity index (χ0) is 20.9. The van der Waals surface area contributed by atoms with Crippen LogP contribution in [0, 0.1) is 0 Å². The van der Waals surface area contributed by atoms with E-state index in [4.69, 9.17) is 13.9 Å². The van der Waals surface area contributed by atoms with Crippen molar-refractivity contribution >= 4 is 11.0 Å². The molecule has 0 saturated heterocycles. The Morgan fingerprint density at radius 1 is 0.933 bits per heavy atom. The minimum absolute atomic E-state index is 0.370. The number of ether oxygens (including phenoxy) is 2. The van der Waals surface area contributed by atoms with Gasteiger partial charge in [-0.05, 0) is 46.9 Å². The zero-order valence-electron chi connectivity index (χ0n) is 17.2. The number of benzene rings is 3. The Hall–Kier alpha value is -3.53. The average Bonchev–Trinajstić information content (AvgIpc) is 2.78. The Morgan fingerprint density at radius 2 is 1.70 bits per heavy atom. The first-order valence-corrected chi connectivity index (χ1v) is 10.1. The van der Waals surface area contributed by atoms with Crippen LogP contribution in [0.15, 0.2) is 82.0 Å². The molecule has 30 heavy (non-hydrogen) atoms. The van der Waals surface area contributed by atoms with E-state index >= 15 is 0 Å². The predicted molar refractivity (Wildman–Crippen MR) is 119 cm³/mol. The molecule has 4 rings (SSSR count). The lowest BCUT2D eigenvalue weighted by Crippen LogP contribution is -2.02. The number of hydrogen-bond donors (Lipinski definition) is 0. The third-order valence-corrected chi connectivity index (χ3v) is 5.08. The maximum Gasteiger partial charge on any atom is 0.336 e. The molecule has 0 aliphatic heterocycles. The standard InChI is InChI=1S/C26H24O4/c1-3-7-20-14-23-22(19-8-5-4-6-9-19)15-26(27)30-25(23)16-24(20)29-17-18-10-12-21(28-2)13-11-18/h4-6,8-16H,3,7,17H2,1-2H3. The van der Waals surface area contributed by atoms with Crippen LogP contribution < -0.4 is 15.1 Å². The third kappa shape index (κ3) is 4.23. The molecule has 0 atom stereocenters. The summed E-state index contributed by atoms with van der Waals surface area (Å²) in [5.41, 5.74) is 4.17. The fraction of sp³-hybridized carbons (Fsp3) is 0.192. The van der Waals surface area contributed by atoms with Crippen molar-refractivity contribution in [2.45, 2.75) is 26.4 Å². The molecule has 0 unspecified atom stereocenters. The van der Waals surface area contributed by atoms with Gasteiger partial charge >= 0.3 is 5.63 Å². The van der Waals surface area contributed by atoms with E-state index in [2.05, 4.69) is 13.0 Å². The summed E-state index contributed by atoms with van der Waals surface area (Å²) < 4.78 is 16.9. The van der Waals surface area contributed by atoms with Crippen LogP contribution in [0.3, 0.4) is 0 Å². The molecule has 0 fully saturated rings. The molecular weight excluding hydrogens is 376 g/mol. The molecule has 0 bridgehead atoms. The molecule has 0 N–H and O–H groups in total. The Morgan fingerprint density at radius 3 is 2.40 bits per heavy atom. The third-order valence-electron chi connectivity index (χ3n) is 5.08. The lowest BCUT2D eigenvalue weighted by molar-refractivity contribution is 0.302. The number of fused-ring (bicyclic) bond motifs is 1. The maximum atomic E-state index is 12.2. The number of hydrogen-bond acceptors (Lipinski definition) is 4. The summed E-state index contributed by atoms with van der Waals surface area (Å²) in [6, 6.07) is 23.2. The van der Waals surface area contributed by atoms with E-state index in [1.54, 1.807) is 13.2 Å². The molecule has 4 aromatic rings. The normalized spacial score (nSPS) is 10.9. The van der Waals surface area contributed by atoms with Crippen LogP contribution in [0.25, 0.3) is 22.1 Å². The highest BCUT2D eigenvalue weighted by atomic mass is 16.5. The maximum absolute atomic E-state index is 12.2. The highest BCUT2D eigenvalue weighted by Crippen LogP contribution is 2.33. The zero-order valence-corrected chi connectivity index (χ0v) is 17.2. The van der Waals surface area contributed by atoms with Crippen LogP contribution in [-0.4, -0.2) is 7.11 Å². The number of rotatable bonds is 7. The molecule has 0 radical (unpaired) electrons. The molecular formula is C26H24O4. The molecule has 0 aliphatic rings. The first-order chi connectivity index (χ1) is 14.7. The number of aryl methyl sites for hydroxylation is 1. The molecule has 1 heterocycles. The topological polar surface area (TPSA) is 48.7 Å². The minimum Gasteiger partial charge on any atom is -0.497 e. The highest BCUT2D eigenvalue weighted by Gasteiger charge is 2.13. The molecule has 3 aromatic carbocycles. The van der Waals surface area contributed by atoms with Gasteiger partial charge in [0, 0.05) is 17.5 Å². The van der Waals surface area contributed by atoms with Gasteiger partial charge in [0.05, 0.1) is 7.11 Å². The van der Waals surface area contributed by atoms with Crippen molar-refractivity contribution in [2.24, 2.45) is 0 Å². The summed E-state index contributed by atoms with van der Waals surface area (Å²) in [5.74, 6) is 1.56. The molecule has 4 heteroatoms. The van der Waals surface area contributed by atoms with Crippen LogP contribution in [0.4, 0.5) is 0 Å². The van der Waals surface area contributed by atoms with Gasteiger partial charge in [0.15, 0.2) is 0 Å². The quantitative estimate of drug-likeness (QED) is 0.357. The Balaban J connectivity index is 1.74. The van der Waals surface area contributed by atoms with E-state index in [9.17, 15) is 4.79 Å². The second kappa shape index (κ2) is 8.87. The molecule has 0 saturated carbocycles. The summed E-state index contributed by atoms with van der Waals surface area (Å²) in [4.78, 5) is 12.2. The van der Waals surface area contributed by atoms with Crippen LogP contribution in [0.5, 0.6) is 11.5 Å². The van der Waals surface area contributed by atoms with Gasteiger partial charge in [0.1, 0.15) is 23.7 Å². The van der Waals surface area contributed by atoms with Gasteiger partial charge in [0.25, 0.3) is 0 Å². The van der Waals surface area contributed by atoms with Gasteiger partial charge < -0.3 is 13.9 Å². The first-order valence-electron chi connectivity index (χ1n) is 10.1. The summed E-state index contributed by atoms with van der Waals surface area (Å²) in [7, 11) is 1.65. The average molecular weight is 400 g/mol. The second-order valence-corrected chi connectivity index (χ2v) is 7.19. The van der Waals surface area contributed by atoms with Crippen molar-refractivity contribution in [3.63, 3.8) is 0 Å². The van der Waals surface area contributed by atoms with Crippen molar-refractivity contribution in [1.29, 1.82) is 0 Å². The van der Waals surface area contributed by atoms with E-state index in [0.29, 0.717) is 12.2 Å². The number of methoxy groups -OCH3 is 1. The van der Waals surface area contributed by atoms with Gasteiger partial charge in [0.2, 0.25) is 0 Å². The molecule has 1 aromatic heterocycles. The largest absolute Gasteiger partial charge is 0.497 e. The van der Waals surface area contributed by atoms with Gasteiger partial charge in [-0.2, -0.15) is 0 Å². The van der Waals surface area contributed by atoms with Crippen molar-refractivity contribution in [3.8, 4) is 22.6 Å². The van der Waals surface area contributed by atoms with E-state index in [0.717, 1.165) is 52.0 Å². The van der Waals surface area contributed by atoms with E-state index in [1.165, 1.54) is 0 Å². The Kier molecular flexibility index (Phi) is 5.84. The smallest absolute Gasteiger partial charge is 0.336 e. The van der Waals surface area contributed by atoms with Crippen LogP contribution in [0.1, 0.15) is 24.5 Å². The van der Waals surface area contributed by atoms with Gasteiger partial charge in [-0.1, -0.05) is 55.8 Å². The predicted octanol–water partition coefficient (Wildman–Crippen LogP) is 6.00. The summed E-state index contributed by atoms with van der Waals surface area (Å²) in [5, 5.41) is 0.918. The van der Waals surface area contributed by atoms with Crippen molar-refractivity contribution in [3.05, 3.63) is 94.3 Å². The lowest BCUT2D eigenvalue weighted by Gasteiger charge is -2.14. The van der Waals surface area contributed by atoms with Crippen molar-refractivity contribution in [2.75, 3.05) is 7.11 Å². The van der Waals surface area contributed by atoms with Gasteiger partial charge in [-0.15, -0.1) is 0 Å². The minimum atomic E-state index is -0.370. The summed E-state index contributed by atoms with van der Waals surface area (Å²) in [6.07, 6.45) is 1.86. The molecule has 0 aliphatic carbocycles. The highest BCUT2D eigenvalue weighted by molar-refractivity contribution is 5.94. The molecule has 4 nitrogen and oxygen atoms in total. The summed E-state index contributed by atoms with van der Waals surface area (Å²) in [6.45, 7) is 2.56. The van der Waals surface area contributed by atoms with Crippen molar-refractivity contribution < 1.29 is 13.9 Å². The molecule has 152 valence electrons. The van der Waals surface area contributed by atoms with E-state index in [-0.39, 0.29) is 5.63 Å². The van der Waals surface area contributed by atoms with Crippen LogP contribution in [0.2, 0.25) is 0 Å². The first kappa shape index (κ1) is 19.8. The van der Waals surface area contributed by atoms with Gasteiger partial charge in [-0.3, -0.25) is 0 Å². The monoisotopic (exact) mass is 400 g/mol. The van der Waals surface area contributed by atoms with E-state index < -0.39 is 0 Å². The SMILES string of the molecule is CCCc1cc2c(-c3ccccc3)cc(=O)oc2cc1OCc1ccc(OC)cc1. The van der Waals surface area contributed by atoms with E-state index in [1.807, 2.05) is 60.7 Å². The van der Waals surface area contributed by atoms with Gasteiger partial charge in [-0.25, -0.2) is 4.79 Å². The summed E-state index contributed by atoms with van der Waals surface area (Å²) >= 11 is 0. The molecule has 0 amide bonds. The molecule has 0 spiro atoms. The van der Waals surface area contributed by atoms with Crippen LogP contribution >= 0.6 is 0 Å². The fourth-order valence-electron chi connectivity index (χ4n) is 3.57. The Bertz CT molecular complexity index is 1190. The second-order valence-electron chi connectivity index (χ2n) is 7.19.